The number of allylic oxidation sites excluding steroid dienone is 1. The van der Waals surface area contributed by atoms with Crippen molar-refractivity contribution in [2.45, 2.75) is 40.7 Å². The van der Waals surface area contributed by atoms with Gasteiger partial charge in [-0.25, -0.2) is 4.98 Å². The van der Waals surface area contributed by atoms with Gasteiger partial charge in [0.1, 0.15) is 0 Å². The van der Waals surface area contributed by atoms with Gasteiger partial charge in [0.25, 0.3) is 0 Å². The third kappa shape index (κ3) is 6.53. The van der Waals surface area contributed by atoms with Crippen LogP contribution in [0.25, 0.3) is 0 Å². The minimum Gasteiger partial charge on any atom is -0.334 e. The zero-order valence-corrected chi connectivity index (χ0v) is 14.2. The van der Waals surface area contributed by atoms with Crippen molar-refractivity contribution < 1.29 is 4.79 Å². The van der Waals surface area contributed by atoms with Crippen molar-refractivity contribution in [3.05, 3.63) is 27.7 Å². The Hall–Kier alpha value is -0.870. The molecule has 3 nitrogen and oxygen atoms in total. The highest BCUT2D eigenvalue weighted by atomic mass is 35.5. The molecule has 0 radical (unpaired) electrons. The fourth-order valence-corrected chi connectivity index (χ4v) is 2.60. The van der Waals surface area contributed by atoms with Gasteiger partial charge >= 0.3 is 0 Å². The first-order chi connectivity index (χ1) is 9.38. The summed E-state index contributed by atoms with van der Waals surface area (Å²) < 4.78 is 0.522. The molecule has 1 aromatic rings. The highest BCUT2D eigenvalue weighted by Crippen LogP contribution is 2.20. The molecule has 20 heavy (non-hydrogen) atoms. The predicted octanol–water partition coefficient (Wildman–Crippen LogP) is 4.38. The van der Waals surface area contributed by atoms with E-state index in [4.69, 9.17) is 11.6 Å². The van der Waals surface area contributed by atoms with Gasteiger partial charge in [-0.05, 0) is 24.3 Å². The SMILES string of the molecule is CC(C)/C=C/C(=O)N(CCC(C)C)Cc1cnc(Cl)s1. The van der Waals surface area contributed by atoms with Gasteiger partial charge < -0.3 is 4.90 Å². The van der Waals surface area contributed by atoms with Gasteiger partial charge in [0, 0.05) is 17.6 Å². The maximum atomic E-state index is 12.3. The molecule has 0 saturated carbocycles. The molecule has 0 fully saturated rings. The van der Waals surface area contributed by atoms with Crippen LogP contribution in [0.15, 0.2) is 18.3 Å². The van der Waals surface area contributed by atoms with Gasteiger partial charge in [0.05, 0.1) is 6.54 Å². The number of thiazole rings is 1. The highest BCUT2D eigenvalue weighted by Gasteiger charge is 2.13. The Kier molecular flexibility index (Phi) is 7.24. The van der Waals surface area contributed by atoms with Crippen LogP contribution < -0.4 is 0 Å². The molecule has 112 valence electrons. The van der Waals surface area contributed by atoms with Crippen LogP contribution in [-0.2, 0) is 11.3 Å². The monoisotopic (exact) mass is 314 g/mol. The predicted molar refractivity (Wildman–Crippen MR) is 86.0 cm³/mol. The molecule has 0 aliphatic carbocycles. The Morgan fingerprint density at radius 1 is 1.45 bits per heavy atom. The van der Waals surface area contributed by atoms with E-state index in [1.165, 1.54) is 11.3 Å². The van der Waals surface area contributed by atoms with E-state index in [0.717, 1.165) is 17.8 Å². The molecule has 0 bridgehead atoms. The van der Waals surface area contributed by atoms with E-state index in [-0.39, 0.29) is 5.91 Å². The summed E-state index contributed by atoms with van der Waals surface area (Å²) in [5.41, 5.74) is 0. The molecule has 0 unspecified atom stereocenters. The summed E-state index contributed by atoms with van der Waals surface area (Å²) in [4.78, 5) is 19.2. The summed E-state index contributed by atoms with van der Waals surface area (Å²) in [6.07, 6.45) is 6.35. The van der Waals surface area contributed by atoms with Crippen LogP contribution in [-0.4, -0.2) is 22.3 Å². The third-order valence-corrected chi connectivity index (χ3v) is 3.88. The Labute approximate surface area is 130 Å². The van der Waals surface area contributed by atoms with E-state index in [1.807, 2.05) is 11.0 Å². The van der Waals surface area contributed by atoms with E-state index in [9.17, 15) is 4.79 Å². The molecule has 0 atom stereocenters. The molecular weight excluding hydrogens is 292 g/mol. The molecule has 0 aliphatic rings. The van der Waals surface area contributed by atoms with Gasteiger partial charge in [-0.1, -0.05) is 45.4 Å². The largest absolute Gasteiger partial charge is 0.334 e. The second-order valence-electron chi connectivity index (χ2n) is 5.62. The molecule has 1 heterocycles. The topological polar surface area (TPSA) is 33.2 Å². The number of carbonyl (C=O) groups is 1. The van der Waals surface area contributed by atoms with E-state index in [0.29, 0.717) is 22.8 Å². The maximum absolute atomic E-state index is 12.3. The van der Waals surface area contributed by atoms with Crippen LogP contribution >= 0.6 is 22.9 Å². The summed E-state index contributed by atoms with van der Waals surface area (Å²) in [5, 5.41) is 0. The second-order valence-corrected chi connectivity index (χ2v) is 7.32. The number of aromatic nitrogens is 1. The third-order valence-electron chi connectivity index (χ3n) is 2.78. The number of hydrogen-bond donors (Lipinski definition) is 0. The maximum Gasteiger partial charge on any atom is 0.246 e. The lowest BCUT2D eigenvalue weighted by Crippen LogP contribution is -2.30. The van der Waals surface area contributed by atoms with Crippen LogP contribution in [0.2, 0.25) is 4.47 Å². The van der Waals surface area contributed by atoms with Gasteiger partial charge in [-0.3, -0.25) is 4.79 Å². The fourth-order valence-electron chi connectivity index (χ4n) is 1.61. The molecule has 0 N–H and O–H groups in total. The van der Waals surface area contributed by atoms with Gasteiger partial charge in [0.15, 0.2) is 4.47 Å². The number of amides is 1. The molecular formula is C15H23ClN2OS. The summed E-state index contributed by atoms with van der Waals surface area (Å²) in [6.45, 7) is 9.79. The average Bonchev–Trinajstić information content (AvgIpc) is 2.76. The first-order valence-electron chi connectivity index (χ1n) is 6.95. The Bertz CT molecular complexity index is 454. The summed E-state index contributed by atoms with van der Waals surface area (Å²) in [5.74, 6) is 1.01. The quantitative estimate of drug-likeness (QED) is 0.700. The lowest BCUT2D eigenvalue weighted by atomic mass is 10.1. The van der Waals surface area contributed by atoms with Crippen LogP contribution in [0.4, 0.5) is 0 Å². The Morgan fingerprint density at radius 3 is 2.65 bits per heavy atom. The minimum atomic E-state index is 0.0591. The number of nitrogens with zero attached hydrogens (tertiary/aromatic N) is 2. The van der Waals surface area contributed by atoms with Crippen molar-refractivity contribution in [3.63, 3.8) is 0 Å². The van der Waals surface area contributed by atoms with E-state index >= 15 is 0 Å². The Morgan fingerprint density at radius 2 is 2.15 bits per heavy atom. The first kappa shape index (κ1) is 17.2. The van der Waals surface area contributed by atoms with Gasteiger partial charge in [-0.2, -0.15) is 0 Å². The highest BCUT2D eigenvalue weighted by molar-refractivity contribution is 7.15. The summed E-state index contributed by atoms with van der Waals surface area (Å²) in [7, 11) is 0. The number of rotatable bonds is 7. The van der Waals surface area contributed by atoms with Gasteiger partial charge in [0.2, 0.25) is 5.91 Å². The van der Waals surface area contributed by atoms with Crippen molar-refractivity contribution in [1.29, 1.82) is 0 Å². The van der Waals surface area contributed by atoms with Crippen molar-refractivity contribution >= 4 is 28.8 Å². The van der Waals surface area contributed by atoms with Crippen molar-refractivity contribution in [1.82, 2.24) is 9.88 Å². The van der Waals surface area contributed by atoms with Gasteiger partial charge in [-0.15, -0.1) is 11.3 Å². The molecule has 1 rings (SSSR count). The fraction of sp³-hybridized carbons (Fsp3) is 0.600. The summed E-state index contributed by atoms with van der Waals surface area (Å²) in [6, 6.07) is 0. The first-order valence-corrected chi connectivity index (χ1v) is 8.15. The molecule has 1 amide bonds. The zero-order valence-electron chi connectivity index (χ0n) is 12.6. The van der Waals surface area contributed by atoms with E-state index in [2.05, 4.69) is 32.7 Å². The number of carbonyl (C=O) groups excluding carboxylic acids is 1. The molecule has 0 aliphatic heterocycles. The minimum absolute atomic E-state index is 0.0591. The molecule has 0 aromatic carbocycles. The van der Waals surface area contributed by atoms with Crippen molar-refractivity contribution in [2.24, 2.45) is 11.8 Å². The lowest BCUT2D eigenvalue weighted by molar-refractivity contribution is -0.126. The second kappa shape index (κ2) is 8.42. The van der Waals surface area contributed by atoms with Crippen molar-refractivity contribution in [2.75, 3.05) is 6.54 Å². The van der Waals surface area contributed by atoms with Crippen molar-refractivity contribution in [3.8, 4) is 0 Å². The average molecular weight is 315 g/mol. The standard InChI is InChI=1S/C15H23ClN2OS/c1-11(2)5-6-14(19)18(8-7-12(3)4)10-13-9-17-15(16)20-13/h5-6,9,11-12H,7-8,10H2,1-4H3/b6-5+. The zero-order chi connectivity index (χ0) is 15.1. The molecule has 1 aromatic heterocycles. The molecule has 0 saturated heterocycles. The molecule has 0 spiro atoms. The van der Waals surface area contributed by atoms with Crippen LogP contribution in [0.3, 0.4) is 0 Å². The smallest absolute Gasteiger partial charge is 0.246 e. The summed E-state index contributed by atoms with van der Waals surface area (Å²) >= 11 is 7.27. The van der Waals surface area contributed by atoms with E-state index in [1.54, 1.807) is 12.3 Å². The van der Waals surface area contributed by atoms with E-state index < -0.39 is 0 Å². The molecule has 5 heteroatoms. The lowest BCUT2D eigenvalue weighted by Gasteiger charge is -2.21. The Balaban J connectivity index is 2.71. The van der Waals surface area contributed by atoms with Crippen LogP contribution in [0.5, 0.6) is 0 Å². The normalized spacial score (nSPS) is 11.8. The number of hydrogen-bond acceptors (Lipinski definition) is 3. The van der Waals surface area contributed by atoms with Crippen LogP contribution in [0, 0.1) is 11.8 Å². The van der Waals surface area contributed by atoms with Crippen LogP contribution in [0.1, 0.15) is 39.0 Å². The number of halogens is 1.